The van der Waals surface area contributed by atoms with E-state index in [1.54, 1.807) is 6.20 Å². The van der Waals surface area contributed by atoms with Crippen molar-refractivity contribution in [1.29, 1.82) is 0 Å². The van der Waals surface area contributed by atoms with Crippen LogP contribution in [0.1, 0.15) is 0 Å². The van der Waals surface area contributed by atoms with Gasteiger partial charge >= 0.3 is 0 Å². The van der Waals surface area contributed by atoms with E-state index < -0.39 is 0 Å². The number of hydrogen-bond acceptors (Lipinski definition) is 5. The molecule has 0 saturated heterocycles. The summed E-state index contributed by atoms with van der Waals surface area (Å²) in [6.07, 6.45) is 3.60. The fourth-order valence-corrected chi connectivity index (χ4v) is 3.57. The van der Waals surface area contributed by atoms with Crippen molar-refractivity contribution in [1.82, 2.24) is 19.9 Å². The summed E-state index contributed by atoms with van der Waals surface area (Å²) < 4.78 is 5.86. The molecule has 0 aliphatic carbocycles. The monoisotopic (exact) mass is 374 g/mol. The first-order valence-electron chi connectivity index (χ1n) is 9.32. The second-order valence-corrected chi connectivity index (χ2v) is 6.83. The summed E-state index contributed by atoms with van der Waals surface area (Å²) in [6, 6.07) is 23.9. The summed E-state index contributed by atoms with van der Waals surface area (Å²) in [5.41, 5.74) is 4.01. The molecular weight excluding hydrogens is 360 g/mol. The third-order valence-electron chi connectivity index (χ3n) is 5.01. The first-order chi connectivity index (χ1) is 14.3. The molecule has 0 N–H and O–H groups in total. The maximum Gasteiger partial charge on any atom is 0.246 e. The second kappa shape index (κ2) is 6.21. The van der Waals surface area contributed by atoms with Crippen LogP contribution in [0.4, 0.5) is 0 Å². The highest BCUT2D eigenvalue weighted by atomic mass is 16.3. The van der Waals surface area contributed by atoms with Crippen LogP contribution in [0.5, 0.6) is 0 Å². The van der Waals surface area contributed by atoms with E-state index in [0.29, 0.717) is 17.4 Å². The van der Waals surface area contributed by atoms with Crippen LogP contribution in [-0.4, -0.2) is 19.9 Å². The van der Waals surface area contributed by atoms with E-state index in [9.17, 15) is 0 Å². The third kappa shape index (κ3) is 2.63. The van der Waals surface area contributed by atoms with E-state index in [-0.39, 0.29) is 0 Å². The largest absolute Gasteiger partial charge is 0.435 e. The van der Waals surface area contributed by atoms with Crippen LogP contribution in [0.3, 0.4) is 0 Å². The molecule has 0 fully saturated rings. The highest BCUT2D eigenvalue weighted by Gasteiger charge is 2.12. The predicted octanol–water partition coefficient (Wildman–Crippen LogP) is 5.65. The van der Waals surface area contributed by atoms with Gasteiger partial charge in [0.15, 0.2) is 11.4 Å². The Labute approximate surface area is 165 Å². The van der Waals surface area contributed by atoms with Crippen LogP contribution in [0.25, 0.3) is 55.7 Å². The molecule has 6 rings (SSSR count). The lowest BCUT2D eigenvalue weighted by molar-refractivity contribution is 0.617. The first-order valence-corrected chi connectivity index (χ1v) is 9.32. The number of fused-ring (bicyclic) bond motifs is 4. The number of nitrogens with zero attached hydrogens (tertiary/aromatic N) is 4. The minimum Gasteiger partial charge on any atom is -0.435 e. The van der Waals surface area contributed by atoms with E-state index in [1.807, 2.05) is 54.7 Å². The van der Waals surface area contributed by atoms with Gasteiger partial charge in [0, 0.05) is 28.7 Å². The zero-order valence-electron chi connectivity index (χ0n) is 15.3. The highest BCUT2D eigenvalue weighted by Crippen LogP contribution is 2.28. The smallest absolute Gasteiger partial charge is 0.246 e. The molecule has 0 atom stereocenters. The van der Waals surface area contributed by atoms with E-state index in [0.717, 1.165) is 38.3 Å². The lowest BCUT2D eigenvalue weighted by atomic mass is 10.1. The second-order valence-electron chi connectivity index (χ2n) is 6.83. The van der Waals surface area contributed by atoms with Crippen molar-refractivity contribution >= 4 is 32.8 Å². The quantitative estimate of drug-likeness (QED) is 0.366. The average Bonchev–Trinajstić information content (AvgIpc) is 3.23. The SMILES string of the molecule is c1ccc2c(c1)ccc1cnc(-c3ccnc(-c4nc5ccccc5o4)c3)nc12. The minimum atomic E-state index is 0.485. The van der Waals surface area contributed by atoms with Crippen LogP contribution < -0.4 is 0 Å². The minimum absolute atomic E-state index is 0.485. The van der Waals surface area contributed by atoms with E-state index >= 15 is 0 Å². The zero-order valence-corrected chi connectivity index (χ0v) is 15.3. The summed E-state index contributed by atoms with van der Waals surface area (Å²) in [4.78, 5) is 18.4. The van der Waals surface area contributed by atoms with Gasteiger partial charge in [0.1, 0.15) is 11.2 Å². The summed E-state index contributed by atoms with van der Waals surface area (Å²) in [7, 11) is 0. The molecule has 5 nitrogen and oxygen atoms in total. The number of para-hydroxylation sites is 2. The first kappa shape index (κ1) is 15.9. The van der Waals surface area contributed by atoms with Crippen molar-refractivity contribution in [2.75, 3.05) is 0 Å². The Balaban J connectivity index is 1.50. The maximum absolute atomic E-state index is 5.86. The number of hydrogen-bond donors (Lipinski definition) is 0. The molecule has 0 aliphatic heterocycles. The molecule has 5 heteroatoms. The molecule has 3 aromatic heterocycles. The summed E-state index contributed by atoms with van der Waals surface area (Å²) >= 11 is 0. The van der Waals surface area contributed by atoms with Gasteiger partial charge in [-0.05, 0) is 29.7 Å². The van der Waals surface area contributed by atoms with Gasteiger partial charge < -0.3 is 4.42 Å². The Kier molecular flexibility index (Phi) is 3.40. The normalized spacial score (nSPS) is 11.4. The van der Waals surface area contributed by atoms with Gasteiger partial charge in [-0.3, -0.25) is 4.98 Å². The van der Waals surface area contributed by atoms with Gasteiger partial charge in [-0.15, -0.1) is 0 Å². The molecule has 0 bridgehead atoms. The van der Waals surface area contributed by atoms with Gasteiger partial charge in [-0.1, -0.05) is 48.5 Å². The number of aromatic nitrogens is 4. The summed E-state index contributed by atoms with van der Waals surface area (Å²) in [6.45, 7) is 0. The topological polar surface area (TPSA) is 64.7 Å². The molecule has 0 amide bonds. The van der Waals surface area contributed by atoms with Gasteiger partial charge in [-0.25, -0.2) is 15.0 Å². The lowest BCUT2D eigenvalue weighted by Gasteiger charge is -2.06. The Morgan fingerprint density at radius 1 is 0.724 bits per heavy atom. The molecule has 0 unspecified atom stereocenters. The lowest BCUT2D eigenvalue weighted by Crippen LogP contribution is -1.92. The number of oxazole rings is 1. The zero-order chi connectivity index (χ0) is 19.2. The third-order valence-corrected chi connectivity index (χ3v) is 5.01. The average molecular weight is 374 g/mol. The van der Waals surface area contributed by atoms with Gasteiger partial charge in [-0.2, -0.15) is 0 Å². The molecule has 3 heterocycles. The number of pyridine rings is 1. The highest BCUT2D eigenvalue weighted by molar-refractivity contribution is 6.05. The number of benzene rings is 3. The molecule has 29 heavy (non-hydrogen) atoms. The molecular formula is C24H14N4O. The van der Waals surface area contributed by atoms with E-state index in [1.165, 1.54) is 0 Å². The van der Waals surface area contributed by atoms with Crippen molar-refractivity contribution in [3.63, 3.8) is 0 Å². The Hall–Kier alpha value is -4.12. The Morgan fingerprint density at radius 2 is 1.59 bits per heavy atom. The van der Waals surface area contributed by atoms with Crippen LogP contribution in [0, 0.1) is 0 Å². The van der Waals surface area contributed by atoms with Gasteiger partial charge in [0.25, 0.3) is 0 Å². The van der Waals surface area contributed by atoms with Crippen LogP contribution in [0.15, 0.2) is 89.6 Å². The van der Waals surface area contributed by atoms with E-state index in [4.69, 9.17) is 9.40 Å². The van der Waals surface area contributed by atoms with Crippen molar-refractivity contribution in [3.8, 4) is 23.0 Å². The Bertz CT molecular complexity index is 1490. The van der Waals surface area contributed by atoms with Crippen LogP contribution in [0.2, 0.25) is 0 Å². The summed E-state index contributed by atoms with van der Waals surface area (Å²) in [5.74, 6) is 1.13. The maximum atomic E-state index is 5.86. The van der Waals surface area contributed by atoms with E-state index in [2.05, 4.69) is 39.2 Å². The van der Waals surface area contributed by atoms with Gasteiger partial charge in [0.05, 0.1) is 5.52 Å². The fourth-order valence-electron chi connectivity index (χ4n) is 3.57. The standard InChI is InChI=1S/C24H14N4O/c1-2-6-18-15(5-1)9-10-17-14-26-23(28-22(17)18)16-11-12-25-20(13-16)24-27-19-7-3-4-8-21(19)29-24/h1-14H. The molecule has 0 spiro atoms. The molecule has 3 aromatic carbocycles. The van der Waals surface area contributed by atoms with Crippen LogP contribution >= 0.6 is 0 Å². The van der Waals surface area contributed by atoms with Crippen molar-refractivity contribution < 1.29 is 4.42 Å². The molecule has 136 valence electrons. The van der Waals surface area contributed by atoms with Gasteiger partial charge in [0.2, 0.25) is 5.89 Å². The Morgan fingerprint density at radius 3 is 2.55 bits per heavy atom. The molecule has 6 aromatic rings. The molecule has 0 saturated carbocycles. The molecule has 0 aliphatic rings. The van der Waals surface area contributed by atoms with Crippen molar-refractivity contribution in [2.45, 2.75) is 0 Å². The predicted molar refractivity (Wildman–Crippen MR) is 113 cm³/mol. The summed E-state index contributed by atoms with van der Waals surface area (Å²) in [5, 5.41) is 3.29. The van der Waals surface area contributed by atoms with Crippen molar-refractivity contribution in [3.05, 3.63) is 85.2 Å². The molecule has 0 radical (unpaired) electrons. The fraction of sp³-hybridized carbons (Fsp3) is 0. The van der Waals surface area contributed by atoms with Crippen LogP contribution in [-0.2, 0) is 0 Å². The number of rotatable bonds is 2. The van der Waals surface area contributed by atoms with Crippen molar-refractivity contribution in [2.24, 2.45) is 0 Å².